The molecular weight excluding hydrogens is 386 g/mol. The highest BCUT2D eigenvalue weighted by Crippen LogP contribution is 2.29. The van der Waals surface area contributed by atoms with Gasteiger partial charge in [0.15, 0.2) is 5.96 Å². The van der Waals surface area contributed by atoms with Crippen molar-refractivity contribution in [2.24, 2.45) is 4.99 Å². The summed E-state index contributed by atoms with van der Waals surface area (Å²) in [5.74, 6) is 1.46. The highest BCUT2D eigenvalue weighted by molar-refractivity contribution is 7.19. The number of methoxy groups -OCH3 is 1. The molecule has 0 spiro atoms. The Kier molecular flexibility index (Phi) is 7.86. The summed E-state index contributed by atoms with van der Waals surface area (Å²) in [6.45, 7) is 2.11. The minimum absolute atomic E-state index is 0.388. The molecule has 0 aliphatic carbocycles. The fraction of sp³-hybridized carbons (Fsp3) is 0.318. The van der Waals surface area contributed by atoms with Crippen LogP contribution in [-0.2, 0) is 11.3 Å². The zero-order valence-electron chi connectivity index (χ0n) is 16.7. The molecule has 0 radical (unpaired) electrons. The smallest absolute Gasteiger partial charge is 0.191 e. The average molecular weight is 414 g/mol. The normalized spacial score (nSPS) is 12.7. The molecule has 29 heavy (non-hydrogen) atoms. The molecule has 3 aromatic rings. The molecule has 1 unspecified atom stereocenters. The van der Waals surface area contributed by atoms with Gasteiger partial charge in [0.05, 0.1) is 6.61 Å². The number of ether oxygens (including phenoxy) is 2. The number of hydrogen-bond donors (Lipinski definition) is 3. The number of hydrogen-bond acceptors (Lipinski definition) is 5. The van der Waals surface area contributed by atoms with Crippen LogP contribution < -0.4 is 15.4 Å². The number of nitrogens with one attached hydrogen (secondary N) is 2. The fourth-order valence-corrected chi connectivity index (χ4v) is 3.86. The van der Waals surface area contributed by atoms with E-state index >= 15 is 0 Å². The second kappa shape index (κ2) is 10.8. The van der Waals surface area contributed by atoms with Crippen LogP contribution in [0.2, 0.25) is 0 Å². The highest BCUT2D eigenvalue weighted by Gasteiger charge is 2.12. The van der Waals surface area contributed by atoms with Gasteiger partial charge in [0.2, 0.25) is 0 Å². The van der Waals surface area contributed by atoms with Gasteiger partial charge in [-0.1, -0.05) is 30.3 Å². The number of aliphatic hydroxyl groups excluding tert-OH is 1. The Morgan fingerprint density at radius 3 is 2.62 bits per heavy atom. The molecule has 2 aromatic carbocycles. The molecule has 7 heteroatoms. The summed E-state index contributed by atoms with van der Waals surface area (Å²) in [4.78, 5) is 5.17. The van der Waals surface area contributed by atoms with Crippen molar-refractivity contribution < 1.29 is 14.6 Å². The maximum atomic E-state index is 10.5. The lowest BCUT2D eigenvalue weighted by molar-refractivity contribution is 0.146. The van der Waals surface area contributed by atoms with Gasteiger partial charge in [-0.2, -0.15) is 0 Å². The van der Waals surface area contributed by atoms with E-state index < -0.39 is 6.10 Å². The van der Waals surface area contributed by atoms with Gasteiger partial charge in [0.1, 0.15) is 18.5 Å². The number of aliphatic hydroxyl groups is 1. The summed E-state index contributed by atoms with van der Waals surface area (Å²) >= 11 is 1.61. The van der Waals surface area contributed by atoms with Crippen molar-refractivity contribution in [2.75, 3.05) is 33.9 Å². The Balaban J connectivity index is 1.46. The number of aliphatic imine (C=N–C) groups is 1. The van der Waals surface area contributed by atoms with Crippen molar-refractivity contribution in [3.63, 3.8) is 0 Å². The van der Waals surface area contributed by atoms with Gasteiger partial charge in [-0.3, -0.25) is 4.99 Å². The molecule has 1 heterocycles. The first-order valence-corrected chi connectivity index (χ1v) is 10.3. The van der Waals surface area contributed by atoms with E-state index in [0.29, 0.717) is 32.3 Å². The SMILES string of the molecule is CN=C(NCc1ccc(OCCOC)cc1)NCC(O)c1cc2ccccc2s1. The molecule has 3 rings (SSSR count). The van der Waals surface area contributed by atoms with Gasteiger partial charge in [0, 0.05) is 36.8 Å². The second-order valence-electron chi connectivity index (χ2n) is 6.49. The molecule has 0 saturated carbocycles. The molecule has 0 bridgehead atoms. The van der Waals surface area contributed by atoms with Crippen molar-refractivity contribution in [1.29, 1.82) is 0 Å². The Hall–Kier alpha value is -2.61. The van der Waals surface area contributed by atoms with E-state index in [-0.39, 0.29) is 0 Å². The van der Waals surface area contributed by atoms with Crippen molar-refractivity contribution in [2.45, 2.75) is 12.6 Å². The van der Waals surface area contributed by atoms with Gasteiger partial charge in [-0.25, -0.2) is 0 Å². The van der Waals surface area contributed by atoms with Crippen LogP contribution in [0.3, 0.4) is 0 Å². The second-order valence-corrected chi connectivity index (χ2v) is 7.61. The summed E-state index contributed by atoms with van der Waals surface area (Å²) in [5, 5.41) is 18.1. The number of benzene rings is 2. The molecule has 0 amide bonds. The summed E-state index contributed by atoms with van der Waals surface area (Å²) in [6, 6.07) is 18.1. The highest BCUT2D eigenvalue weighted by atomic mass is 32.1. The van der Waals surface area contributed by atoms with E-state index in [2.05, 4.69) is 27.8 Å². The van der Waals surface area contributed by atoms with Crippen molar-refractivity contribution in [3.05, 3.63) is 65.0 Å². The third-order valence-corrected chi connectivity index (χ3v) is 5.62. The number of nitrogens with zero attached hydrogens (tertiary/aromatic N) is 1. The standard InChI is InChI=1S/C22H27N3O3S/c1-23-22(24-14-16-7-9-18(10-8-16)28-12-11-27-2)25-15-19(26)21-13-17-5-3-4-6-20(17)29-21/h3-10,13,19,26H,11-12,14-15H2,1-2H3,(H2,23,24,25). The van der Waals surface area contributed by atoms with Crippen LogP contribution in [0.1, 0.15) is 16.5 Å². The van der Waals surface area contributed by atoms with E-state index in [0.717, 1.165) is 21.6 Å². The first-order valence-electron chi connectivity index (χ1n) is 9.51. The quantitative estimate of drug-likeness (QED) is 0.285. The van der Waals surface area contributed by atoms with Gasteiger partial charge >= 0.3 is 0 Å². The summed E-state index contributed by atoms with van der Waals surface area (Å²) in [5.41, 5.74) is 1.11. The Labute approximate surface area is 175 Å². The topological polar surface area (TPSA) is 75.1 Å². The maximum absolute atomic E-state index is 10.5. The summed E-state index contributed by atoms with van der Waals surface area (Å²) in [6.07, 6.45) is -0.588. The molecule has 0 fully saturated rings. The van der Waals surface area contributed by atoms with Crippen LogP contribution in [-0.4, -0.2) is 45.0 Å². The van der Waals surface area contributed by atoms with Crippen LogP contribution in [0.25, 0.3) is 10.1 Å². The molecule has 1 aromatic heterocycles. The third-order valence-electron chi connectivity index (χ3n) is 4.40. The minimum Gasteiger partial charge on any atom is -0.491 e. The van der Waals surface area contributed by atoms with Crippen LogP contribution in [0.15, 0.2) is 59.6 Å². The average Bonchev–Trinajstić information content (AvgIpc) is 3.19. The van der Waals surface area contributed by atoms with Gasteiger partial charge in [-0.15, -0.1) is 11.3 Å². The summed E-state index contributed by atoms with van der Waals surface area (Å²) < 4.78 is 11.7. The molecule has 154 valence electrons. The zero-order valence-corrected chi connectivity index (χ0v) is 17.5. The molecule has 3 N–H and O–H groups in total. The molecular formula is C22H27N3O3S. The Bertz CT molecular complexity index is 891. The van der Waals surface area contributed by atoms with Crippen LogP contribution in [0, 0.1) is 0 Å². The number of rotatable bonds is 9. The predicted molar refractivity (Wildman–Crippen MR) is 119 cm³/mol. The lowest BCUT2D eigenvalue weighted by Gasteiger charge is -2.15. The number of guanidine groups is 1. The van der Waals surface area contributed by atoms with Crippen molar-refractivity contribution >= 4 is 27.4 Å². The lowest BCUT2D eigenvalue weighted by atomic mass is 10.2. The fourth-order valence-electron chi connectivity index (χ4n) is 2.81. The number of fused-ring (bicyclic) bond motifs is 1. The van der Waals surface area contributed by atoms with E-state index in [1.807, 2.05) is 42.5 Å². The van der Waals surface area contributed by atoms with Crippen LogP contribution in [0.5, 0.6) is 5.75 Å². The van der Waals surface area contributed by atoms with Gasteiger partial charge in [-0.05, 0) is 35.2 Å². The van der Waals surface area contributed by atoms with E-state index in [1.165, 1.54) is 4.70 Å². The molecule has 0 aliphatic heterocycles. The van der Waals surface area contributed by atoms with Gasteiger partial charge in [0.25, 0.3) is 0 Å². The third kappa shape index (κ3) is 6.19. The van der Waals surface area contributed by atoms with Crippen molar-refractivity contribution in [3.8, 4) is 5.75 Å². The molecule has 1 atom stereocenters. The van der Waals surface area contributed by atoms with Crippen LogP contribution >= 0.6 is 11.3 Å². The first kappa shape index (κ1) is 21.1. The number of thiophene rings is 1. The summed E-state index contributed by atoms with van der Waals surface area (Å²) in [7, 11) is 3.37. The monoisotopic (exact) mass is 413 g/mol. The Morgan fingerprint density at radius 2 is 1.90 bits per heavy atom. The Morgan fingerprint density at radius 1 is 1.10 bits per heavy atom. The lowest BCUT2D eigenvalue weighted by Crippen LogP contribution is -2.38. The zero-order chi connectivity index (χ0) is 20.5. The molecule has 0 aliphatic rings. The predicted octanol–water partition coefficient (Wildman–Crippen LogP) is 3.33. The molecule has 6 nitrogen and oxygen atoms in total. The minimum atomic E-state index is -0.588. The maximum Gasteiger partial charge on any atom is 0.191 e. The largest absolute Gasteiger partial charge is 0.491 e. The van der Waals surface area contributed by atoms with E-state index in [4.69, 9.17) is 9.47 Å². The van der Waals surface area contributed by atoms with E-state index in [1.54, 1.807) is 25.5 Å². The van der Waals surface area contributed by atoms with Crippen LogP contribution in [0.4, 0.5) is 0 Å². The van der Waals surface area contributed by atoms with Gasteiger partial charge < -0.3 is 25.2 Å². The molecule has 0 saturated heterocycles. The first-order chi connectivity index (χ1) is 14.2. The van der Waals surface area contributed by atoms with Crippen molar-refractivity contribution in [1.82, 2.24) is 10.6 Å². The van der Waals surface area contributed by atoms with E-state index in [9.17, 15) is 5.11 Å².